The second-order valence-corrected chi connectivity index (χ2v) is 16.7. The molecule has 0 aromatic heterocycles. The Kier molecular flexibility index (Phi) is 11.3. The van der Waals surface area contributed by atoms with Gasteiger partial charge < -0.3 is 0 Å². The first kappa shape index (κ1) is 31.4. The number of allylic oxidation sites excluding steroid dienone is 2. The van der Waals surface area contributed by atoms with E-state index in [1.54, 1.807) is 0 Å². The van der Waals surface area contributed by atoms with Crippen LogP contribution in [0.25, 0.3) is 3.58 Å². The fourth-order valence-corrected chi connectivity index (χ4v) is 12.2. The topological polar surface area (TPSA) is 30.9 Å². The summed E-state index contributed by atoms with van der Waals surface area (Å²) in [6.07, 6.45) is 7.43. The molecular formula is C40H44INO3. The van der Waals surface area contributed by atoms with Crippen LogP contribution < -0.4 is 9.47 Å². The molecule has 0 amide bonds. The summed E-state index contributed by atoms with van der Waals surface area (Å²) in [6, 6.07) is 38.2. The Balaban J connectivity index is 1.11. The molecule has 1 fully saturated rings. The Morgan fingerprint density at radius 1 is 0.622 bits per heavy atom. The fourth-order valence-electron chi connectivity index (χ4n) is 5.83. The molecule has 234 valence electrons. The van der Waals surface area contributed by atoms with Gasteiger partial charge in [0.1, 0.15) is 0 Å². The van der Waals surface area contributed by atoms with Crippen molar-refractivity contribution in [3.63, 3.8) is 0 Å². The summed E-state index contributed by atoms with van der Waals surface area (Å²) in [7, 11) is 0. The average Bonchev–Trinajstić information content (AvgIpc) is 3.41. The zero-order valence-electron chi connectivity index (χ0n) is 26.3. The monoisotopic (exact) mass is 713 g/mol. The molecule has 0 unspecified atom stereocenters. The minimum absolute atomic E-state index is 0.567. The molecule has 0 bridgehead atoms. The number of piperidine rings is 1. The SMILES string of the molecule is CC1=C(c2ccc(OCc3ccccc3)cc2)I(Cc2ccc(OCCCN3CCCCC3)cc2)C(OCc2ccccc2)=C1. The molecule has 0 N–H and O–H groups in total. The van der Waals surface area contributed by atoms with Gasteiger partial charge in [-0.1, -0.05) is 6.42 Å². The first-order valence-electron chi connectivity index (χ1n) is 16.2. The molecule has 4 aromatic carbocycles. The maximum atomic E-state index is 6.58. The molecule has 4 nitrogen and oxygen atoms in total. The number of likely N-dealkylation sites (tertiary alicyclic amines) is 1. The molecule has 4 aromatic rings. The van der Waals surface area contributed by atoms with Crippen molar-refractivity contribution in [1.29, 1.82) is 0 Å². The van der Waals surface area contributed by atoms with Gasteiger partial charge >= 0.3 is 271 Å². The van der Waals surface area contributed by atoms with Gasteiger partial charge in [0, 0.05) is 0 Å². The van der Waals surface area contributed by atoms with Crippen LogP contribution in [0.5, 0.6) is 11.5 Å². The predicted octanol–water partition coefficient (Wildman–Crippen LogP) is 10.0. The van der Waals surface area contributed by atoms with Gasteiger partial charge in [-0.3, -0.25) is 0 Å². The Morgan fingerprint density at radius 3 is 1.89 bits per heavy atom. The summed E-state index contributed by atoms with van der Waals surface area (Å²) >= 11 is -1.90. The number of halogens is 1. The van der Waals surface area contributed by atoms with Crippen molar-refractivity contribution in [1.82, 2.24) is 4.90 Å². The summed E-state index contributed by atoms with van der Waals surface area (Å²) in [5, 5.41) is 0. The van der Waals surface area contributed by atoms with Gasteiger partial charge in [0.2, 0.25) is 0 Å². The summed E-state index contributed by atoms with van der Waals surface area (Å²) in [4.78, 5) is 2.58. The quantitative estimate of drug-likeness (QED) is 0.0740. The van der Waals surface area contributed by atoms with Crippen LogP contribution in [0.4, 0.5) is 0 Å². The van der Waals surface area contributed by atoms with E-state index in [0.29, 0.717) is 13.2 Å². The van der Waals surface area contributed by atoms with Gasteiger partial charge in [0.15, 0.2) is 0 Å². The number of hydrogen-bond donors (Lipinski definition) is 0. The van der Waals surface area contributed by atoms with Crippen LogP contribution in [0.3, 0.4) is 0 Å². The van der Waals surface area contributed by atoms with Crippen molar-refractivity contribution in [3.8, 4) is 11.5 Å². The number of benzene rings is 4. The summed E-state index contributed by atoms with van der Waals surface area (Å²) in [6.45, 7) is 7.79. The Bertz CT molecular complexity index is 1540. The zero-order valence-corrected chi connectivity index (χ0v) is 28.5. The van der Waals surface area contributed by atoms with Crippen LogP contribution in [-0.2, 0) is 22.4 Å². The summed E-state index contributed by atoms with van der Waals surface area (Å²) in [5.41, 5.74) is 6.29. The maximum absolute atomic E-state index is 6.58. The number of rotatable bonds is 14. The first-order valence-corrected chi connectivity index (χ1v) is 19.9. The molecule has 0 radical (unpaired) electrons. The molecule has 2 aliphatic heterocycles. The first-order chi connectivity index (χ1) is 22.2. The number of ether oxygens (including phenoxy) is 3. The van der Waals surface area contributed by atoms with Gasteiger partial charge in [0.25, 0.3) is 0 Å². The van der Waals surface area contributed by atoms with E-state index >= 15 is 0 Å². The molecule has 2 aliphatic rings. The zero-order chi connectivity index (χ0) is 30.7. The van der Waals surface area contributed by atoms with Gasteiger partial charge in [0.05, 0.1) is 0 Å². The minimum atomic E-state index is -1.90. The average molecular weight is 714 g/mol. The predicted molar refractivity (Wildman–Crippen MR) is 194 cm³/mol. The van der Waals surface area contributed by atoms with E-state index in [1.165, 1.54) is 67.5 Å². The molecule has 0 spiro atoms. The Labute approximate surface area is 276 Å². The van der Waals surface area contributed by atoms with Crippen LogP contribution in [0.15, 0.2) is 125 Å². The third kappa shape index (κ3) is 9.01. The summed E-state index contributed by atoms with van der Waals surface area (Å²) < 4.78 is 22.5. The fraction of sp³-hybridized carbons (Fsp3) is 0.300. The molecule has 0 saturated carbocycles. The van der Waals surface area contributed by atoms with Crippen molar-refractivity contribution in [2.45, 2.75) is 50.2 Å². The van der Waals surface area contributed by atoms with Gasteiger partial charge in [-0.25, -0.2) is 0 Å². The third-order valence-corrected chi connectivity index (χ3v) is 14.6. The molecule has 2 heterocycles. The van der Waals surface area contributed by atoms with E-state index in [2.05, 4.69) is 109 Å². The van der Waals surface area contributed by atoms with E-state index in [9.17, 15) is 0 Å². The molecule has 6 rings (SSSR count). The van der Waals surface area contributed by atoms with E-state index in [-0.39, 0.29) is 0 Å². The van der Waals surface area contributed by atoms with Crippen LogP contribution in [0.2, 0.25) is 0 Å². The molecule has 1 saturated heterocycles. The van der Waals surface area contributed by atoms with Gasteiger partial charge in [-0.15, -0.1) is 0 Å². The number of nitrogens with zero attached hydrogens (tertiary/aromatic N) is 1. The second-order valence-electron chi connectivity index (χ2n) is 11.8. The Morgan fingerprint density at radius 2 is 1.22 bits per heavy atom. The molecule has 45 heavy (non-hydrogen) atoms. The number of hydrogen-bond acceptors (Lipinski definition) is 4. The van der Waals surface area contributed by atoms with Crippen LogP contribution in [0.1, 0.15) is 54.9 Å². The van der Waals surface area contributed by atoms with Crippen LogP contribution >= 0.6 is 19.8 Å². The Hall–Kier alpha value is -3.55. The normalized spacial score (nSPS) is 16.0. The van der Waals surface area contributed by atoms with Gasteiger partial charge in [-0.05, 0) is 0 Å². The van der Waals surface area contributed by atoms with Crippen molar-refractivity contribution in [2.75, 3.05) is 26.2 Å². The van der Waals surface area contributed by atoms with E-state index < -0.39 is 19.8 Å². The van der Waals surface area contributed by atoms with E-state index in [4.69, 9.17) is 14.2 Å². The van der Waals surface area contributed by atoms with Gasteiger partial charge in [-0.2, -0.15) is 0 Å². The third-order valence-electron chi connectivity index (χ3n) is 8.25. The molecule has 0 aliphatic carbocycles. The summed E-state index contributed by atoms with van der Waals surface area (Å²) in [5.74, 6) is 1.85. The van der Waals surface area contributed by atoms with Crippen molar-refractivity contribution in [3.05, 3.63) is 147 Å². The standard InChI is InChI=1S/C40H44INO3/c1-32-28-39(45-31-35-14-7-3-8-15-35)41(40(32)36-18-22-38(23-19-36)44-30-34-12-5-2-6-13-34)29-33-16-20-37(21-17-33)43-27-11-26-42-24-9-4-10-25-42/h2-3,5-8,12-23,28H,4,9-11,24-27,29-31H2,1H3. The molecule has 5 heteroatoms. The molecular weight excluding hydrogens is 669 g/mol. The van der Waals surface area contributed by atoms with E-state index in [0.717, 1.165) is 35.5 Å². The number of alkyl halides is 1. The van der Waals surface area contributed by atoms with E-state index in [1.807, 2.05) is 18.2 Å². The van der Waals surface area contributed by atoms with Crippen LogP contribution in [-0.4, -0.2) is 31.1 Å². The second kappa shape index (κ2) is 16.1. The molecule has 0 atom stereocenters. The van der Waals surface area contributed by atoms with Crippen molar-refractivity contribution < 1.29 is 14.2 Å². The van der Waals surface area contributed by atoms with Crippen molar-refractivity contribution >= 4 is 23.4 Å². The van der Waals surface area contributed by atoms with Crippen molar-refractivity contribution in [2.24, 2.45) is 0 Å². The van der Waals surface area contributed by atoms with Crippen LogP contribution in [0, 0.1) is 0 Å².